The number of aromatic hydroxyl groups is 1. The van der Waals surface area contributed by atoms with Crippen LogP contribution in [-0.2, 0) is 0 Å². The fourth-order valence-corrected chi connectivity index (χ4v) is 2.68. The Bertz CT molecular complexity index is 957. The zero-order valence-corrected chi connectivity index (χ0v) is 13.1. The molecule has 0 aliphatic rings. The summed E-state index contributed by atoms with van der Waals surface area (Å²) in [7, 11) is 1.48. The van der Waals surface area contributed by atoms with Gasteiger partial charge in [0.05, 0.1) is 7.11 Å². The molecule has 3 rings (SSSR count). The summed E-state index contributed by atoms with van der Waals surface area (Å²) in [6, 6.07) is 10.5. The van der Waals surface area contributed by atoms with E-state index in [2.05, 4.69) is 5.16 Å². The van der Waals surface area contributed by atoms with Crippen molar-refractivity contribution in [3.8, 4) is 22.8 Å². The SMILES string of the molecule is COc1cc(-c2cc(=NO)c3cc(C)cc(C)c3o2)ccc1O. The summed E-state index contributed by atoms with van der Waals surface area (Å²) in [4.78, 5) is 0. The van der Waals surface area contributed by atoms with Gasteiger partial charge >= 0.3 is 0 Å². The number of phenolic OH excluding ortho intramolecular Hbond substituents is 1. The highest BCUT2D eigenvalue weighted by molar-refractivity contribution is 5.82. The fourth-order valence-electron chi connectivity index (χ4n) is 2.68. The second-order valence-corrected chi connectivity index (χ2v) is 5.44. The minimum absolute atomic E-state index is 0.0518. The molecule has 2 N–H and O–H groups in total. The van der Waals surface area contributed by atoms with Gasteiger partial charge in [0.15, 0.2) is 11.5 Å². The normalized spacial score (nSPS) is 11.9. The van der Waals surface area contributed by atoms with Crippen LogP contribution in [0, 0.1) is 13.8 Å². The monoisotopic (exact) mass is 311 g/mol. The highest BCUT2D eigenvalue weighted by atomic mass is 16.5. The second-order valence-electron chi connectivity index (χ2n) is 5.44. The standard InChI is InChI=1S/C18H17NO4/c1-10-6-11(2)18-13(7-10)14(19-21)9-16(23-18)12-4-5-15(20)17(8-12)22-3/h4-9,20-21H,1-3H3. The van der Waals surface area contributed by atoms with Crippen LogP contribution in [0.25, 0.3) is 22.3 Å². The van der Waals surface area contributed by atoms with E-state index in [9.17, 15) is 10.3 Å². The molecule has 0 unspecified atom stereocenters. The number of methoxy groups -OCH3 is 1. The lowest BCUT2D eigenvalue weighted by atomic mass is 10.1. The minimum atomic E-state index is 0.0518. The molecule has 2 aromatic carbocycles. The van der Waals surface area contributed by atoms with Gasteiger partial charge in [-0.15, -0.1) is 0 Å². The Kier molecular flexibility index (Phi) is 3.70. The lowest BCUT2D eigenvalue weighted by Gasteiger charge is -2.09. The smallest absolute Gasteiger partial charge is 0.161 e. The van der Waals surface area contributed by atoms with Crippen molar-refractivity contribution in [2.24, 2.45) is 5.16 Å². The number of hydrogen-bond donors (Lipinski definition) is 2. The van der Waals surface area contributed by atoms with Gasteiger partial charge in [0, 0.05) is 17.0 Å². The first kappa shape index (κ1) is 15.0. The Morgan fingerprint density at radius 2 is 1.87 bits per heavy atom. The van der Waals surface area contributed by atoms with Crippen LogP contribution in [0.3, 0.4) is 0 Å². The Hall–Kier alpha value is -2.95. The van der Waals surface area contributed by atoms with E-state index in [1.165, 1.54) is 13.2 Å². The van der Waals surface area contributed by atoms with Crippen LogP contribution < -0.4 is 10.1 Å². The lowest BCUT2D eigenvalue weighted by molar-refractivity contribution is 0.302. The minimum Gasteiger partial charge on any atom is -0.504 e. The summed E-state index contributed by atoms with van der Waals surface area (Å²) in [5, 5.41) is 23.6. The van der Waals surface area contributed by atoms with Crippen molar-refractivity contribution < 1.29 is 19.5 Å². The molecule has 0 atom stereocenters. The van der Waals surface area contributed by atoms with E-state index in [0.717, 1.165) is 16.5 Å². The third-order valence-corrected chi connectivity index (χ3v) is 3.75. The van der Waals surface area contributed by atoms with Crippen LogP contribution in [0.5, 0.6) is 11.5 Å². The van der Waals surface area contributed by atoms with Gasteiger partial charge in [-0.25, -0.2) is 0 Å². The Labute approximate surface area is 133 Å². The maximum atomic E-state index is 9.71. The van der Waals surface area contributed by atoms with Crippen LogP contribution >= 0.6 is 0 Å². The molecule has 0 spiro atoms. The summed E-state index contributed by atoms with van der Waals surface area (Å²) in [5.74, 6) is 0.923. The summed E-state index contributed by atoms with van der Waals surface area (Å²) in [6.45, 7) is 3.92. The number of phenols is 1. The van der Waals surface area contributed by atoms with Crippen LogP contribution in [-0.4, -0.2) is 17.4 Å². The van der Waals surface area contributed by atoms with Crippen molar-refractivity contribution in [1.82, 2.24) is 0 Å². The molecular weight excluding hydrogens is 294 g/mol. The first-order valence-corrected chi connectivity index (χ1v) is 7.14. The Balaban J connectivity index is 2.32. The summed E-state index contributed by atoms with van der Waals surface area (Å²) in [5.41, 5.74) is 3.39. The highest BCUT2D eigenvalue weighted by Gasteiger charge is 2.11. The summed E-state index contributed by atoms with van der Waals surface area (Å²) < 4.78 is 11.1. The topological polar surface area (TPSA) is 75.2 Å². The van der Waals surface area contributed by atoms with E-state index in [-0.39, 0.29) is 5.75 Å². The highest BCUT2D eigenvalue weighted by Crippen LogP contribution is 2.32. The van der Waals surface area contributed by atoms with Gasteiger partial charge in [0.25, 0.3) is 0 Å². The van der Waals surface area contributed by atoms with Crippen molar-refractivity contribution in [2.75, 3.05) is 7.11 Å². The molecule has 0 saturated carbocycles. The van der Waals surface area contributed by atoms with Crippen molar-refractivity contribution >= 4 is 11.0 Å². The van der Waals surface area contributed by atoms with Gasteiger partial charge in [0.1, 0.15) is 16.7 Å². The van der Waals surface area contributed by atoms with E-state index in [0.29, 0.717) is 28.0 Å². The first-order chi connectivity index (χ1) is 11.0. The molecule has 0 saturated heterocycles. The second kappa shape index (κ2) is 5.68. The molecule has 3 aromatic rings. The van der Waals surface area contributed by atoms with E-state index in [1.54, 1.807) is 18.2 Å². The molecule has 0 amide bonds. The quantitative estimate of drug-likeness (QED) is 0.558. The molecule has 0 aliphatic carbocycles. The molecule has 0 aliphatic heterocycles. The summed E-state index contributed by atoms with van der Waals surface area (Å²) in [6.07, 6.45) is 0. The number of hydrogen-bond acceptors (Lipinski definition) is 5. The zero-order valence-electron chi connectivity index (χ0n) is 13.1. The third-order valence-electron chi connectivity index (χ3n) is 3.75. The van der Waals surface area contributed by atoms with E-state index >= 15 is 0 Å². The molecule has 0 bridgehead atoms. The van der Waals surface area contributed by atoms with Gasteiger partial charge in [0.2, 0.25) is 0 Å². The number of fused-ring (bicyclic) bond motifs is 1. The maximum absolute atomic E-state index is 9.71. The van der Waals surface area contributed by atoms with Crippen molar-refractivity contribution in [3.63, 3.8) is 0 Å². The molecule has 5 heteroatoms. The molecule has 23 heavy (non-hydrogen) atoms. The Morgan fingerprint density at radius 1 is 1.09 bits per heavy atom. The van der Waals surface area contributed by atoms with E-state index in [1.807, 2.05) is 26.0 Å². The summed E-state index contributed by atoms with van der Waals surface area (Å²) >= 11 is 0. The van der Waals surface area contributed by atoms with Gasteiger partial charge in [-0.1, -0.05) is 11.2 Å². The van der Waals surface area contributed by atoms with Crippen LogP contribution in [0.15, 0.2) is 46.0 Å². The molecule has 1 heterocycles. The van der Waals surface area contributed by atoms with Crippen LogP contribution in [0.4, 0.5) is 0 Å². The van der Waals surface area contributed by atoms with Crippen LogP contribution in [0.1, 0.15) is 11.1 Å². The zero-order chi connectivity index (χ0) is 16.6. The molecule has 0 fully saturated rings. The lowest BCUT2D eigenvalue weighted by Crippen LogP contribution is -2.04. The van der Waals surface area contributed by atoms with Gasteiger partial charge in [-0.2, -0.15) is 0 Å². The van der Waals surface area contributed by atoms with Crippen molar-refractivity contribution in [1.29, 1.82) is 0 Å². The number of nitrogens with zero attached hydrogens (tertiary/aromatic N) is 1. The molecular formula is C18H17NO4. The average molecular weight is 311 g/mol. The van der Waals surface area contributed by atoms with Gasteiger partial charge in [-0.05, 0) is 49.2 Å². The number of benzene rings is 2. The van der Waals surface area contributed by atoms with Crippen LogP contribution in [0.2, 0.25) is 0 Å². The molecule has 0 radical (unpaired) electrons. The Morgan fingerprint density at radius 3 is 2.57 bits per heavy atom. The van der Waals surface area contributed by atoms with Gasteiger partial charge < -0.3 is 19.5 Å². The van der Waals surface area contributed by atoms with E-state index < -0.39 is 0 Å². The predicted molar refractivity (Wildman–Crippen MR) is 86.7 cm³/mol. The van der Waals surface area contributed by atoms with E-state index in [4.69, 9.17) is 9.15 Å². The fraction of sp³-hybridized carbons (Fsp3) is 0.167. The average Bonchev–Trinajstić information content (AvgIpc) is 2.54. The first-order valence-electron chi connectivity index (χ1n) is 7.14. The molecule has 118 valence electrons. The largest absolute Gasteiger partial charge is 0.504 e. The predicted octanol–water partition coefficient (Wildman–Crippen LogP) is 3.72. The van der Waals surface area contributed by atoms with Crippen molar-refractivity contribution in [3.05, 3.63) is 52.9 Å². The van der Waals surface area contributed by atoms with Gasteiger partial charge in [-0.3, -0.25) is 0 Å². The number of aryl methyl sites for hydroxylation is 2. The number of ether oxygens (including phenoxy) is 1. The number of rotatable bonds is 2. The molecule has 1 aromatic heterocycles. The van der Waals surface area contributed by atoms with Crippen molar-refractivity contribution in [2.45, 2.75) is 13.8 Å². The maximum Gasteiger partial charge on any atom is 0.161 e. The third kappa shape index (κ3) is 2.61. The molecule has 5 nitrogen and oxygen atoms in total.